The molecule has 0 atom stereocenters. The molecule has 1 amide bonds. The second-order valence-electron chi connectivity index (χ2n) is 4.66. The van der Waals surface area contributed by atoms with Crippen molar-refractivity contribution in [2.45, 2.75) is 35.2 Å². The SMILES string of the molecule is CC(=O)N(c1nnc(Sc2ccc(Cl)c(C#N)n2)s1)C1CC1. The predicted molar refractivity (Wildman–Crippen MR) is 84.2 cm³/mol. The van der Waals surface area contributed by atoms with Gasteiger partial charge in [-0.2, -0.15) is 5.26 Å². The van der Waals surface area contributed by atoms with Crippen molar-refractivity contribution in [1.29, 1.82) is 5.26 Å². The summed E-state index contributed by atoms with van der Waals surface area (Å²) in [6, 6.07) is 5.54. The molecule has 0 aliphatic heterocycles. The highest BCUT2D eigenvalue weighted by molar-refractivity contribution is 8.01. The van der Waals surface area contributed by atoms with Gasteiger partial charge in [0, 0.05) is 13.0 Å². The topological polar surface area (TPSA) is 82.8 Å². The zero-order valence-corrected chi connectivity index (χ0v) is 13.9. The Morgan fingerprint density at radius 2 is 2.27 bits per heavy atom. The normalized spacial score (nSPS) is 13.7. The first kappa shape index (κ1) is 15.2. The molecule has 0 spiro atoms. The number of nitrogens with zero attached hydrogens (tertiary/aromatic N) is 5. The molecule has 2 aromatic heterocycles. The number of nitriles is 1. The summed E-state index contributed by atoms with van der Waals surface area (Å²) in [5.74, 6) is -0.0217. The Balaban J connectivity index is 1.80. The standard InChI is InChI=1S/C13H10ClN5OS2/c1-7(20)19(8-2-3-8)12-17-18-13(22-12)21-11-5-4-9(14)10(6-15)16-11/h4-5,8H,2-3H2,1H3. The monoisotopic (exact) mass is 351 g/mol. The van der Waals surface area contributed by atoms with E-state index in [2.05, 4.69) is 15.2 Å². The van der Waals surface area contributed by atoms with Gasteiger partial charge in [-0.1, -0.05) is 22.9 Å². The molecule has 2 aromatic rings. The third-order valence-corrected chi connectivity index (χ3v) is 5.19. The molecule has 6 nitrogen and oxygen atoms in total. The van der Waals surface area contributed by atoms with E-state index >= 15 is 0 Å². The van der Waals surface area contributed by atoms with Crippen LogP contribution < -0.4 is 4.90 Å². The zero-order valence-electron chi connectivity index (χ0n) is 11.5. The average Bonchev–Trinajstić information content (AvgIpc) is 3.20. The molecule has 1 fully saturated rings. The first-order valence-electron chi connectivity index (χ1n) is 6.46. The van der Waals surface area contributed by atoms with Crippen LogP contribution in [0.2, 0.25) is 5.02 Å². The molecular weight excluding hydrogens is 342 g/mol. The number of aromatic nitrogens is 3. The fourth-order valence-corrected chi connectivity index (χ4v) is 3.89. The molecule has 112 valence electrons. The molecule has 2 heterocycles. The van der Waals surface area contributed by atoms with Crippen molar-refractivity contribution in [3.05, 3.63) is 22.8 Å². The summed E-state index contributed by atoms with van der Waals surface area (Å²) in [7, 11) is 0. The number of carbonyl (C=O) groups excluding carboxylic acids is 1. The molecule has 0 saturated heterocycles. The second kappa shape index (κ2) is 6.20. The maximum atomic E-state index is 11.7. The maximum absolute atomic E-state index is 11.7. The maximum Gasteiger partial charge on any atom is 0.225 e. The van der Waals surface area contributed by atoms with Gasteiger partial charge in [-0.15, -0.1) is 10.2 Å². The molecule has 1 saturated carbocycles. The van der Waals surface area contributed by atoms with Crippen LogP contribution in [0.4, 0.5) is 5.13 Å². The van der Waals surface area contributed by atoms with Gasteiger partial charge in [0.15, 0.2) is 10.0 Å². The van der Waals surface area contributed by atoms with Gasteiger partial charge in [-0.3, -0.25) is 9.69 Å². The first-order valence-corrected chi connectivity index (χ1v) is 8.47. The summed E-state index contributed by atoms with van der Waals surface area (Å²) in [4.78, 5) is 17.6. The number of halogens is 1. The molecule has 3 rings (SSSR count). The summed E-state index contributed by atoms with van der Waals surface area (Å²) in [6.45, 7) is 1.53. The van der Waals surface area contributed by atoms with E-state index in [0.29, 0.717) is 19.5 Å². The fraction of sp³-hybridized carbons (Fsp3) is 0.308. The van der Waals surface area contributed by atoms with Crippen LogP contribution in [0.5, 0.6) is 0 Å². The third-order valence-electron chi connectivity index (χ3n) is 2.97. The van der Waals surface area contributed by atoms with Gasteiger partial charge >= 0.3 is 0 Å². The summed E-state index contributed by atoms with van der Waals surface area (Å²) in [6.07, 6.45) is 2.01. The van der Waals surface area contributed by atoms with Crippen molar-refractivity contribution in [2.75, 3.05) is 4.90 Å². The Morgan fingerprint density at radius 1 is 1.50 bits per heavy atom. The summed E-state index contributed by atoms with van der Waals surface area (Å²) in [5.41, 5.74) is 0.180. The second-order valence-corrected chi connectivity index (χ2v) is 7.30. The van der Waals surface area contributed by atoms with E-state index in [1.54, 1.807) is 17.0 Å². The van der Waals surface area contributed by atoms with Gasteiger partial charge in [-0.05, 0) is 36.7 Å². The van der Waals surface area contributed by atoms with E-state index in [1.807, 2.05) is 6.07 Å². The fourth-order valence-electron chi connectivity index (χ4n) is 1.87. The molecule has 1 aliphatic carbocycles. The molecule has 0 aromatic carbocycles. The lowest BCUT2D eigenvalue weighted by atomic mass is 10.4. The highest BCUT2D eigenvalue weighted by Gasteiger charge is 2.34. The molecule has 0 unspecified atom stereocenters. The number of rotatable bonds is 4. The van der Waals surface area contributed by atoms with Crippen LogP contribution in [-0.2, 0) is 4.79 Å². The Kier molecular flexibility index (Phi) is 4.29. The molecule has 9 heteroatoms. The van der Waals surface area contributed by atoms with E-state index in [9.17, 15) is 4.79 Å². The lowest BCUT2D eigenvalue weighted by molar-refractivity contribution is -0.116. The van der Waals surface area contributed by atoms with Crippen molar-refractivity contribution >= 4 is 45.7 Å². The van der Waals surface area contributed by atoms with Gasteiger partial charge in [-0.25, -0.2) is 4.98 Å². The van der Waals surface area contributed by atoms with E-state index in [4.69, 9.17) is 16.9 Å². The Hall–Kier alpha value is -1.69. The summed E-state index contributed by atoms with van der Waals surface area (Å²) >= 11 is 8.49. The molecule has 1 aliphatic rings. The molecule has 0 bridgehead atoms. The van der Waals surface area contributed by atoms with Gasteiger partial charge in [0.1, 0.15) is 11.1 Å². The average molecular weight is 352 g/mol. The minimum atomic E-state index is -0.0217. The predicted octanol–water partition coefficient (Wildman–Crippen LogP) is 3.12. The van der Waals surface area contributed by atoms with Gasteiger partial charge in [0.05, 0.1) is 5.02 Å². The van der Waals surface area contributed by atoms with E-state index in [0.717, 1.165) is 12.8 Å². The number of amides is 1. The van der Waals surface area contributed by atoms with Crippen molar-refractivity contribution in [2.24, 2.45) is 0 Å². The van der Waals surface area contributed by atoms with E-state index in [1.165, 1.54) is 30.0 Å². The zero-order chi connectivity index (χ0) is 15.7. The Morgan fingerprint density at radius 3 is 2.91 bits per heavy atom. The lowest BCUT2D eigenvalue weighted by Crippen LogP contribution is -2.30. The van der Waals surface area contributed by atoms with Gasteiger partial charge < -0.3 is 0 Å². The number of pyridine rings is 1. The van der Waals surface area contributed by atoms with Crippen molar-refractivity contribution < 1.29 is 4.79 Å². The van der Waals surface area contributed by atoms with E-state index in [-0.39, 0.29) is 17.6 Å². The van der Waals surface area contributed by atoms with Crippen LogP contribution in [0.3, 0.4) is 0 Å². The number of carbonyl (C=O) groups is 1. The van der Waals surface area contributed by atoms with Crippen molar-refractivity contribution in [3.8, 4) is 6.07 Å². The first-order chi connectivity index (χ1) is 10.6. The van der Waals surface area contributed by atoms with Gasteiger partial charge in [0.2, 0.25) is 11.0 Å². The quantitative estimate of drug-likeness (QED) is 0.787. The van der Waals surface area contributed by atoms with Crippen LogP contribution in [0, 0.1) is 11.3 Å². The lowest BCUT2D eigenvalue weighted by Gasteiger charge is -2.15. The van der Waals surface area contributed by atoms with Crippen LogP contribution >= 0.6 is 34.7 Å². The molecule has 0 radical (unpaired) electrons. The molecule has 22 heavy (non-hydrogen) atoms. The summed E-state index contributed by atoms with van der Waals surface area (Å²) < 4.78 is 0.667. The van der Waals surface area contributed by atoms with Crippen LogP contribution in [0.1, 0.15) is 25.5 Å². The van der Waals surface area contributed by atoms with E-state index < -0.39 is 0 Å². The Bertz CT molecular complexity index is 768. The highest BCUT2D eigenvalue weighted by Crippen LogP contribution is 2.37. The van der Waals surface area contributed by atoms with Crippen LogP contribution in [0.25, 0.3) is 0 Å². The number of anilines is 1. The minimum absolute atomic E-state index is 0.0217. The number of hydrogen-bond acceptors (Lipinski definition) is 7. The smallest absolute Gasteiger partial charge is 0.225 e. The van der Waals surface area contributed by atoms with Crippen LogP contribution in [-0.4, -0.2) is 27.1 Å². The Labute approximate surface area is 140 Å². The highest BCUT2D eigenvalue weighted by atomic mass is 35.5. The minimum Gasteiger partial charge on any atom is -0.284 e. The van der Waals surface area contributed by atoms with Crippen LogP contribution in [0.15, 0.2) is 21.5 Å². The molecular formula is C13H10ClN5OS2. The third kappa shape index (κ3) is 3.21. The largest absolute Gasteiger partial charge is 0.284 e. The molecule has 0 N–H and O–H groups in total. The summed E-state index contributed by atoms with van der Waals surface area (Å²) in [5, 5.41) is 18.7. The van der Waals surface area contributed by atoms with Crippen molar-refractivity contribution in [1.82, 2.24) is 15.2 Å². The van der Waals surface area contributed by atoms with Gasteiger partial charge in [0.25, 0.3) is 0 Å². The number of hydrogen-bond donors (Lipinski definition) is 0. The van der Waals surface area contributed by atoms with Crippen molar-refractivity contribution in [3.63, 3.8) is 0 Å².